The van der Waals surface area contributed by atoms with Crippen molar-refractivity contribution in [3.8, 4) is 11.3 Å². The minimum absolute atomic E-state index is 0.0129. The van der Waals surface area contributed by atoms with Crippen LogP contribution < -0.4 is 0 Å². The molecule has 0 aliphatic carbocycles. The lowest BCUT2D eigenvalue weighted by Gasteiger charge is -2.34. The highest BCUT2D eigenvalue weighted by Gasteiger charge is 2.25. The van der Waals surface area contributed by atoms with Gasteiger partial charge in [0.2, 0.25) is 11.8 Å². The Morgan fingerprint density at radius 2 is 1.56 bits per heavy atom. The van der Waals surface area contributed by atoms with Crippen LogP contribution in [0.15, 0.2) is 83.3 Å². The first-order valence-electron chi connectivity index (χ1n) is 11.8. The second kappa shape index (κ2) is 10.5. The van der Waals surface area contributed by atoms with Crippen molar-refractivity contribution in [2.45, 2.75) is 6.42 Å². The van der Waals surface area contributed by atoms with E-state index < -0.39 is 0 Å². The lowest BCUT2D eigenvalue weighted by atomic mass is 10.0. The average Bonchev–Trinajstić information content (AvgIpc) is 3.26. The standard InChI is InChI=1S/C29H25BrFN3O2/c30-25-7-3-1-5-20(25)11-14-27(35)33-15-17-34(18-16-33)28(36)19-24-23-6-2-4-8-26(23)32-29(24)21-9-12-22(31)13-10-21/h1-14,32H,15-19H2/b14-11+. The summed E-state index contributed by atoms with van der Waals surface area (Å²) in [5, 5.41) is 0.983. The van der Waals surface area contributed by atoms with Crippen molar-refractivity contribution >= 4 is 44.7 Å². The van der Waals surface area contributed by atoms with Crippen molar-refractivity contribution in [3.05, 3.63) is 100 Å². The number of rotatable bonds is 5. The van der Waals surface area contributed by atoms with E-state index in [9.17, 15) is 14.0 Å². The maximum absolute atomic E-state index is 13.5. The van der Waals surface area contributed by atoms with Crippen LogP contribution in [-0.4, -0.2) is 52.8 Å². The van der Waals surface area contributed by atoms with Crippen LogP contribution in [-0.2, 0) is 16.0 Å². The molecule has 1 aliphatic rings. The minimum atomic E-state index is -0.300. The van der Waals surface area contributed by atoms with E-state index >= 15 is 0 Å². The van der Waals surface area contributed by atoms with E-state index in [1.54, 1.807) is 29.2 Å². The molecule has 1 fully saturated rings. The molecular weight excluding hydrogens is 521 g/mol. The molecule has 0 spiro atoms. The molecule has 3 aromatic carbocycles. The van der Waals surface area contributed by atoms with Crippen LogP contribution in [0.3, 0.4) is 0 Å². The number of nitrogens with zero attached hydrogens (tertiary/aromatic N) is 2. The quantitative estimate of drug-likeness (QED) is 0.329. The first-order chi connectivity index (χ1) is 17.5. The summed E-state index contributed by atoms with van der Waals surface area (Å²) < 4.78 is 14.4. The van der Waals surface area contributed by atoms with Gasteiger partial charge in [-0.05, 0) is 59.2 Å². The number of para-hydroxylation sites is 1. The molecule has 2 amide bonds. The van der Waals surface area contributed by atoms with Crippen LogP contribution >= 0.6 is 15.9 Å². The maximum Gasteiger partial charge on any atom is 0.246 e. The number of hydrogen-bond acceptors (Lipinski definition) is 2. The largest absolute Gasteiger partial charge is 0.354 e. The third kappa shape index (κ3) is 5.11. The van der Waals surface area contributed by atoms with Crippen molar-refractivity contribution in [1.82, 2.24) is 14.8 Å². The highest BCUT2D eigenvalue weighted by atomic mass is 79.9. The molecule has 5 nitrogen and oxygen atoms in total. The SMILES string of the molecule is O=C(/C=C/c1ccccc1Br)N1CCN(C(=O)Cc2c(-c3ccc(F)cc3)[nH]c3ccccc23)CC1. The summed E-state index contributed by atoms with van der Waals surface area (Å²) >= 11 is 3.49. The molecule has 0 atom stereocenters. The predicted molar refractivity (Wildman–Crippen MR) is 144 cm³/mol. The number of fused-ring (bicyclic) bond motifs is 1. The van der Waals surface area contributed by atoms with Crippen molar-refractivity contribution in [2.24, 2.45) is 0 Å². The number of benzene rings is 3. The summed E-state index contributed by atoms with van der Waals surface area (Å²) in [6.07, 6.45) is 3.61. The molecule has 4 aromatic rings. The normalized spacial score (nSPS) is 14.1. The van der Waals surface area contributed by atoms with Crippen LogP contribution in [0.25, 0.3) is 28.2 Å². The van der Waals surface area contributed by atoms with Gasteiger partial charge in [-0.15, -0.1) is 0 Å². The number of aromatic nitrogens is 1. The molecule has 0 bridgehead atoms. The van der Waals surface area contributed by atoms with Gasteiger partial charge in [0.1, 0.15) is 5.82 Å². The molecule has 0 radical (unpaired) electrons. The second-order valence-corrected chi connectivity index (χ2v) is 9.62. The fourth-order valence-electron chi connectivity index (χ4n) is 4.56. The van der Waals surface area contributed by atoms with Crippen molar-refractivity contribution in [1.29, 1.82) is 0 Å². The van der Waals surface area contributed by atoms with E-state index in [-0.39, 0.29) is 24.1 Å². The van der Waals surface area contributed by atoms with E-state index in [0.29, 0.717) is 26.2 Å². The fourth-order valence-corrected chi connectivity index (χ4v) is 4.98. The Hall–Kier alpha value is -3.71. The topological polar surface area (TPSA) is 56.4 Å². The van der Waals surface area contributed by atoms with E-state index in [4.69, 9.17) is 0 Å². The smallest absolute Gasteiger partial charge is 0.246 e. The molecular formula is C29H25BrFN3O2. The molecule has 36 heavy (non-hydrogen) atoms. The Morgan fingerprint density at radius 1 is 0.889 bits per heavy atom. The van der Waals surface area contributed by atoms with E-state index in [2.05, 4.69) is 20.9 Å². The van der Waals surface area contributed by atoms with Crippen LogP contribution in [0.2, 0.25) is 0 Å². The monoisotopic (exact) mass is 545 g/mol. The number of hydrogen-bond donors (Lipinski definition) is 1. The number of halogens is 2. The minimum Gasteiger partial charge on any atom is -0.354 e. The molecule has 182 valence electrons. The van der Waals surface area contributed by atoms with Crippen molar-refractivity contribution < 1.29 is 14.0 Å². The summed E-state index contributed by atoms with van der Waals surface area (Å²) in [5.41, 5.74) is 4.44. The fraction of sp³-hybridized carbons (Fsp3) is 0.172. The molecule has 1 aromatic heterocycles. The van der Waals surface area contributed by atoms with Gasteiger partial charge in [0.25, 0.3) is 0 Å². The summed E-state index contributed by atoms with van der Waals surface area (Å²) in [6, 6.07) is 21.9. The molecule has 1 aliphatic heterocycles. The second-order valence-electron chi connectivity index (χ2n) is 8.77. The molecule has 2 heterocycles. The number of carbonyl (C=O) groups is 2. The third-order valence-electron chi connectivity index (χ3n) is 6.53. The Bertz CT molecular complexity index is 1440. The van der Waals surface area contributed by atoms with E-state index in [1.807, 2.05) is 53.4 Å². The third-order valence-corrected chi connectivity index (χ3v) is 7.25. The van der Waals surface area contributed by atoms with E-state index in [0.717, 1.165) is 37.8 Å². The Kier molecular flexibility index (Phi) is 7.00. The lowest BCUT2D eigenvalue weighted by Crippen LogP contribution is -2.50. The van der Waals surface area contributed by atoms with Crippen molar-refractivity contribution in [2.75, 3.05) is 26.2 Å². The molecule has 1 N–H and O–H groups in total. The predicted octanol–water partition coefficient (Wildman–Crippen LogP) is 5.66. The van der Waals surface area contributed by atoms with Gasteiger partial charge in [0.15, 0.2) is 0 Å². The Labute approximate surface area is 217 Å². The van der Waals surface area contributed by atoms with Gasteiger partial charge in [-0.3, -0.25) is 9.59 Å². The number of piperazine rings is 1. The highest BCUT2D eigenvalue weighted by molar-refractivity contribution is 9.10. The zero-order valence-corrected chi connectivity index (χ0v) is 21.2. The number of nitrogens with one attached hydrogen (secondary N) is 1. The van der Waals surface area contributed by atoms with Gasteiger partial charge in [0, 0.05) is 47.6 Å². The first kappa shape index (κ1) is 24.0. The summed E-state index contributed by atoms with van der Waals surface area (Å²) in [4.78, 5) is 33.0. The van der Waals surface area contributed by atoms with Crippen LogP contribution in [0.5, 0.6) is 0 Å². The van der Waals surface area contributed by atoms with Gasteiger partial charge in [-0.25, -0.2) is 4.39 Å². The van der Waals surface area contributed by atoms with Crippen LogP contribution in [0.1, 0.15) is 11.1 Å². The van der Waals surface area contributed by atoms with E-state index in [1.165, 1.54) is 12.1 Å². The van der Waals surface area contributed by atoms with Crippen LogP contribution in [0.4, 0.5) is 4.39 Å². The number of aromatic amines is 1. The first-order valence-corrected chi connectivity index (χ1v) is 12.6. The highest BCUT2D eigenvalue weighted by Crippen LogP contribution is 2.31. The van der Waals surface area contributed by atoms with Gasteiger partial charge in [-0.2, -0.15) is 0 Å². The lowest BCUT2D eigenvalue weighted by molar-refractivity contribution is -0.136. The molecule has 0 unspecified atom stereocenters. The van der Waals surface area contributed by atoms with Gasteiger partial charge >= 0.3 is 0 Å². The molecule has 5 rings (SSSR count). The number of amides is 2. The maximum atomic E-state index is 13.5. The number of H-pyrrole nitrogens is 1. The summed E-state index contributed by atoms with van der Waals surface area (Å²) in [7, 11) is 0. The Morgan fingerprint density at radius 3 is 2.31 bits per heavy atom. The zero-order chi connectivity index (χ0) is 25.1. The molecule has 7 heteroatoms. The number of carbonyl (C=O) groups excluding carboxylic acids is 2. The average molecular weight is 546 g/mol. The van der Waals surface area contributed by atoms with Crippen molar-refractivity contribution in [3.63, 3.8) is 0 Å². The van der Waals surface area contributed by atoms with Crippen LogP contribution in [0, 0.1) is 5.82 Å². The molecule has 1 saturated heterocycles. The molecule has 0 saturated carbocycles. The summed E-state index contributed by atoms with van der Waals surface area (Å²) in [6.45, 7) is 1.95. The zero-order valence-electron chi connectivity index (χ0n) is 19.6. The summed E-state index contributed by atoms with van der Waals surface area (Å²) in [5.74, 6) is -0.349. The van der Waals surface area contributed by atoms with Gasteiger partial charge in [-0.1, -0.05) is 52.3 Å². The Balaban J connectivity index is 1.27. The van der Waals surface area contributed by atoms with Gasteiger partial charge < -0.3 is 14.8 Å². The van der Waals surface area contributed by atoms with Gasteiger partial charge in [0.05, 0.1) is 12.1 Å².